The van der Waals surface area contributed by atoms with Crippen LogP contribution >= 0.6 is 11.3 Å². The van der Waals surface area contributed by atoms with Gasteiger partial charge in [0, 0.05) is 12.0 Å². The third-order valence-electron chi connectivity index (χ3n) is 3.18. The van der Waals surface area contributed by atoms with Crippen LogP contribution < -0.4 is 10.6 Å². The van der Waals surface area contributed by atoms with Crippen molar-refractivity contribution >= 4 is 23.2 Å². The minimum absolute atomic E-state index is 0.0209. The number of rotatable bonds is 5. The number of hydrogen-bond donors (Lipinski definition) is 2. The molecular weight excluding hydrogens is 274 g/mol. The summed E-state index contributed by atoms with van der Waals surface area (Å²) >= 11 is 1.31. The largest absolute Gasteiger partial charge is 0.354 e. The Kier molecular flexibility index (Phi) is 4.42. The molecule has 20 heavy (non-hydrogen) atoms. The van der Waals surface area contributed by atoms with E-state index in [1.807, 2.05) is 20.8 Å². The van der Waals surface area contributed by atoms with Gasteiger partial charge in [0.1, 0.15) is 4.88 Å². The highest BCUT2D eigenvalue weighted by atomic mass is 32.1. The third-order valence-corrected chi connectivity index (χ3v) is 4.00. The topological polar surface area (TPSA) is 71.1 Å². The van der Waals surface area contributed by atoms with E-state index in [4.69, 9.17) is 0 Å². The maximum Gasteiger partial charge on any atom is 0.263 e. The van der Waals surface area contributed by atoms with Gasteiger partial charge in [-0.3, -0.25) is 9.59 Å². The first-order valence-corrected chi connectivity index (χ1v) is 7.74. The van der Waals surface area contributed by atoms with Gasteiger partial charge in [0.25, 0.3) is 5.91 Å². The van der Waals surface area contributed by atoms with Gasteiger partial charge in [0.2, 0.25) is 5.91 Å². The highest BCUT2D eigenvalue weighted by molar-refractivity contribution is 7.11. The van der Waals surface area contributed by atoms with Gasteiger partial charge >= 0.3 is 0 Å². The van der Waals surface area contributed by atoms with Crippen LogP contribution in [0.5, 0.6) is 0 Å². The molecule has 6 heteroatoms. The first-order valence-electron chi connectivity index (χ1n) is 6.87. The average Bonchev–Trinajstić information content (AvgIpc) is 3.05. The zero-order valence-corrected chi connectivity index (χ0v) is 13.0. The molecule has 1 aromatic rings. The monoisotopic (exact) mass is 295 g/mol. The Hall–Kier alpha value is -1.43. The number of hydrogen-bond acceptors (Lipinski definition) is 4. The molecule has 2 amide bonds. The molecule has 1 aliphatic rings. The van der Waals surface area contributed by atoms with E-state index in [9.17, 15) is 9.59 Å². The summed E-state index contributed by atoms with van der Waals surface area (Å²) in [5, 5.41) is 5.49. The molecule has 0 atom stereocenters. The predicted molar refractivity (Wildman–Crippen MR) is 78.9 cm³/mol. The summed E-state index contributed by atoms with van der Waals surface area (Å²) in [7, 11) is 0. The Labute approximate surface area is 123 Å². The van der Waals surface area contributed by atoms with Crippen molar-refractivity contribution in [1.82, 2.24) is 15.6 Å². The van der Waals surface area contributed by atoms with Crippen LogP contribution in [0.15, 0.2) is 5.51 Å². The highest BCUT2D eigenvalue weighted by Crippen LogP contribution is 2.27. The average molecular weight is 295 g/mol. The summed E-state index contributed by atoms with van der Waals surface area (Å²) in [5.41, 5.74) is 2.27. The van der Waals surface area contributed by atoms with E-state index < -0.39 is 0 Å². The number of nitrogens with zero attached hydrogens (tertiary/aromatic N) is 1. The first-order chi connectivity index (χ1) is 9.38. The summed E-state index contributed by atoms with van der Waals surface area (Å²) in [4.78, 5) is 28.6. The number of thiazole rings is 1. The zero-order chi connectivity index (χ0) is 14.8. The molecule has 1 heterocycles. The third kappa shape index (κ3) is 4.03. The van der Waals surface area contributed by atoms with Gasteiger partial charge < -0.3 is 10.6 Å². The van der Waals surface area contributed by atoms with Crippen LogP contribution in [0.1, 0.15) is 49.0 Å². The van der Waals surface area contributed by atoms with E-state index in [-0.39, 0.29) is 23.8 Å². The van der Waals surface area contributed by atoms with E-state index in [0.29, 0.717) is 10.8 Å². The molecule has 1 fully saturated rings. The van der Waals surface area contributed by atoms with Crippen LogP contribution in [-0.4, -0.2) is 29.9 Å². The maximum absolute atomic E-state index is 12.1. The van der Waals surface area contributed by atoms with E-state index in [1.54, 1.807) is 5.51 Å². The molecule has 2 rings (SSSR count). The molecule has 0 bridgehead atoms. The van der Waals surface area contributed by atoms with Crippen LogP contribution in [0.2, 0.25) is 0 Å². The van der Waals surface area contributed by atoms with Crippen molar-refractivity contribution in [2.75, 3.05) is 13.1 Å². The number of aromatic nitrogens is 1. The van der Waals surface area contributed by atoms with Gasteiger partial charge in [-0.05, 0) is 18.8 Å². The summed E-state index contributed by atoms with van der Waals surface area (Å²) < 4.78 is 0. The minimum Gasteiger partial charge on any atom is -0.354 e. The molecule has 0 aromatic carbocycles. The van der Waals surface area contributed by atoms with Gasteiger partial charge in [0.05, 0.1) is 17.7 Å². The van der Waals surface area contributed by atoms with Gasteiger partial charge in [-0.15, -0.1) is 11.3 Å². The molecule has 110 valence electrons. The fraction of sp³-hybridized carbons (Fsp3) is 0.643. The van der Waals surface area contributed by atoms with Crippen LogP contribution in [0, 0.1) is 5.92 Å². The molecule has 2 N–H and O–H groups in total. The molecule has 0 saturated heterocycles. The molecule has 0 radical (unpaired) electrons. The molecule has 0 aliphatic heterocycles. The van der Waals surface area contributed by atoms with Crippen LogP contribution in [-0.2, 0) is 10.2 Å². The van der Waals surface area contributed by atoms with Crippen molar-refractivity contribution in [2.45, 2.75) is 39.0 Å². The Morgan fingerprint density at radius 2 is 2.05 bits per heavy atom. The molecule has 0 unspecified atom stereocenters. The lowest BCUT2D eigenvalue weighted by Crippen LogP contribution is -2.38. The van der Waals surface area contributed by atoms with Crippen molar-refractivity contribution in [3.05, 3.63) is 16.1 Å². The number of carbonyl (C=O) groups is 2. The standard InChI is InChI=1S/C14H21N3O2S/c1-14(2,3)12-11(20-8-17-12)13(19)16-7-10(18)15-6-9-4-5-9/h8-9H,4-7H2,1-3H3,(H,15,18)(H,16,19). The lowest BCUT2D eigenvalue weighted by molar-refractivity contribution is -0.120. The summed E-state index contributed by atoms with van der Waals surface area (Å²) in [6.07, 6.45) is 2.39. The van der Waals surface area contributed by atoms with E-state index in [0.717, 1.165) is 12.2 Å². The minimum atomic E-state index is -0.223. The van der Waals surface area contributed by atoms with Gasteiger partial charge in [0.15, 0.2) is 0 Å². The molecule has 0 spiro atoms. The number of nitrogens with one attached hydrogen (secondary N) is 2. The predicted octanol–water partition coefficient (Wildman–Crippen LogP) is 1.70. The molecule has 1 aliphatic carbocycles. The second kappa shape index (κ2) is 5.91. The van der Waals surface area contributed by atoms with E-state index in [1.165, 1.54) is 24.2 Å². The Morgan fingerprint density at radius 1 is 1.35 bits per heavy atom. The van der Waals surface area contributed by atoms with E-state index >= 15 is 0 Å². The van der Waals surface area contributed by atoms with Crippen molar-refractivity contribution in [3.63, 3.8) is 0 Å². The van der Waals surface area contributed by atoms with E-state index in [2.05, 4.69) is 15.6 Å². The quantitative estimate of drug-likeness (QED) is 0.868. The first kappa shape index (κ1) is 15.0. The number of carbonyl (C=O) groups excluding carboxylic acids is 2. The Balaban J connectivity index is 1.85. The molecular formula is C14H21N3O2S. The van der Waals surface area contributed by atoms with Crippen molar-refractivity contribution in [1.29, 1.82) is 0 Å². The normalized spacial score (nSPS) is 14.9. The second-order valence-electron chi connectivity index (χ2n) is 6.21. The van der Waals surface area contributed by atoms with Gasteiger partial charge in [-0.2, -0.15) is 0 Å². The Morgan fingerprint density at radius 3 is 2.65 bits per heavy atom. The lowest BCUT2D eigenvalue weighted by Gasteiger charge is -2.17. The van der Waals surface area contributed by atoms with Crippen LogP contribution in [0.3, 0.4) is 0 Å². The van der Waals surface area contributed by atoms with Gasteiger partial charge in [-0.25, -0.2) is 4.98 Å². The molecule has 1 saturated carbocycles. The smallest absolute Gasteiger partial charge is 0.263 e. The second-order valence-corrected chi connectivity index (χ2v) is 7.06. The summed E-state index contributed by atoms with van der Waals surface area (Å²) in [5.74, 6) is 0.287. The zero-order valence-electron chi connectivity index (χ0n) is 12.2. The van der Waals surface area contributed by atoms with Gasteiger partial charge in [-0.1, -0.05) is 20.8 Å². The highest BCUT2D eigenvalue weighted by Gasteiger charge is 2.25. The molecule has 5 nitrogen and oxygen atoms in total. The van der Waals surface area contributed by atoms with Crippen LogP contribution in [0.25, 0.3) is 0 Å². The van der Waals surface area contributed by atoms with Crippen LogP contribution in [0.4, 0.5) is 0 Å². The maximum atomic E-state index is 12.1. The fourth-order valence-corrected chi connectivity index (χ4v) is 2.74. The fourth-order valence-electron chi connectivity index (χ4n) is 1.82. The summed E-state index contributed by atoms with van der Waals surface area (Å²) in [6, 6.07) is 0. The van der Waals surface area contributed by atoms with Crippen molar-refractivity contribution in [2.24, 2.45) is 5.92 Å². The Bertz CT molecular complexity index is 501. The lowest BCUT2D eigenvalue weighted by atomic mass is 9.91. The number of amides is 2. The van der Waals surface area contributed by atoms with Crippen molar-refractivity contribution < 1.29 is 9.59 Å². The molecule has 1 aromatic heterocycles. The summed E-state index contributed by atoms with van der Waals surface area (Å²) in [6.45, 7) is 6.79. The van der Waals surface area contributed by atoms with Crippen molar-refractivity contribution in [3.8, 4) is 0 Å². The SMILES string of the molecule is CC(C)(C)c1ncsc1C(=O)NCC(=O)NCC1CC1.